The number of halogens is 7. The van der Waals surface area contributed by atoms with Crippen LogP contribution in [0.5, 0.6) is 11.6 Å². The predicted octanol–water partition coefficient (Wildman–Crippen LogP) is 6.02. The van der Waals surface area contributed by atoms with Gasteiger partial charge < -0.3 is 15.8 Å². The first-order chi connectivity index (χ1) is 15.9. The number of imide groups is 1. The Bertz CT molecular complexity index is 1290. The number of anilines is 2. The number of carbonyl (C=O) groups excluding carboxylic acids is 2. The Labute approximate surface area is 197 Å². The third-order valence-electron chi connectivity index (χ3n) is 4.11. The van der Waals surface area contributed by atoms with E-state index in [9.17, 15) is 31.5 Å². The Kier molecular flexibility index (Phi) is 7.12. The van der Waals surface area contributed by atoms with E-state index in [0.717, 1.165) is 18.2 Å². The Morgan fingerprint density at radius 2 is 1.74 bits per heavy atom. The van der Waals surface area contributed by atoms with Crippen molar-refractivity contribution in [1.82, 2.24) is 10.3 Å². The molecule has 0 aliphatic rings. The fourth-order valence-electron chi connectivity index (χ4n) is 2.52. The molecule has 0 aliphatic carbocycles. The molecule has 4 N–H and O–H groups in total. The molecule has 1 heterocycles. The highest BCUT2D eigenvalue weighted by atomic mass is 35.5. The number of nitrogen functional groups attached to an aromatic ring is 1. The summed E-state index contributed by atoms with van der Waals surface area (Å²) in [5.41, 5.74) is 2.63. The number of carbonyl (C=O) groups is 2. The van der Waals surface area contributed by atoms with E-state index < -0.39 is 57.5 Å². The predicted molar refractivity (Wildman–Crippen MR) is 113 cm³/mol. The Hall–Kier alpha value is -3.64. The average Bonchev–Trinajstić information content (AvgIpc) is 2.74. The third kappa shape index (κ3) is 5.64. The summed E-state index contributed by atoms with van der Waals surface area (Å²) in [7, 11) is 0. The number of alkyl halides is 3. The molecule has 0 aliphatic heterocycles. The van der Waals surface area contributed by atoms with E-state index in [0.29, 0.717) is 12.3 Å². The number of pyridine rings is 1. The molecule has 0 unspecified atom stereocenters. The number of urea groups is 1. The molecule has 0 saturated carbocycles. The van der Waals surface area contributed by atoms with Gasteiger partial charge in [-0.2, -0.15) is 13.2 Å². The first kappa shape index (κ1) is 25.0. The lowest BCUT2D eigenvalue weighted by Crippen LogP contribution is -2.35. The maximum Gasteiger partial charge on any atom is 0.417 e. The van der Waals surface area contributed by atoms with Crippen LogP contribution in [0.4, 0.5) is 38.1 Å². The molecule has 3 rings (SSSR count). The van der Waals surface area contributed by atoms with Gasteiger partial charge in [-0.1, -0.05) is 23.2 Å². The van der Waals surface area contributed by atoms with Crippen molar-refractivity contribution < 1.29 is 36.3 Å². The second-order valence-electron chi connectivity index (χ2n) is 6.49. The van der Waals surface area contributed by atoms with E-state index in [1.807, 2.05) is 0 Å². The van der Waals surface area contributed by atoms with Gasteiger partial charge in [0.2, 0.25) is 5.88 Å². The largest absolute Gasteiger partial charge is 0.436 e. The summed E-state index contributed by atoms with van der Waals surface area (Å²) in [4.78, 5) is 27.7. The number of rotatable bonds is 4. The summed E-state index contributed by atoms with van der Waals surface area (Å²) in [5.74, 6) is -4.53. The minimum Gasteiger partial charge on any atom is -0.436 e. The summed E-state index contributed by atoms with van der Waals surface area (Å²) < 4.78 is 71.3. The lowest BCUT2D eigenvalue weighted by molar-refractivity contribution is -0.137. The number of hydrogen-bond acceptors (Lipinski definition) is 5. The highest BCUT2D eigenvalue weighted by Crippen LogP contribution is 2.37. The van der Waals surface area contributed by atoms with Crippen molar-refractivity contribution in [3.63, 3.8) is 0 Å². The van der Waals surface area contributed by atoms with Gasteiger partial charge in [0.25, 0.3) is 5.91 Å². The van der Waals surface area contributed by atoms with Gasteiger partial charge in [0.05, 0.1) is 16.3 Å². The maximum atomic E-state index is 13.9. The Morgan fingerprint density at radius 1 is 1.03 bits per heavy atom. The monoisotopic (exact) mass is 520 g/mol. The number of nitrogens with one attached hydrogen (secondary N) is 2. The molecule has 34 heavy (non-hydrogen) atoms. The molecule has 3 amide bonds. The van der Waals surface area contributed by atoms with E-state index in [2.05, 4.69) is 10.3 Å². The fourth-order valence-corrected chi connectivity index (χ4v) is 2.88. The Balaban J connectivity index is 1.75. The zero-order chi connectivity index (χ0) is 25.2. The molecule has 178 valence electrons. The minimum atomic E-state index is -4.67. The molecule has 1 aromatic heterocycles. The van der Waals surface area contributed by atoms with Crippen molar-refractivity contribution in [2.45, 2.75) is 6.18 Å². The van der Waals surface area contributed by atoms with E-state index in [-0.39, 0.29) is 16.5 Å². The van der Waals surface area contributed by atoms with Crippen molar-refractivity contribution in [3.05, 3.63) is 75.4 Å². The SMILES string of the molecule is Nc1ccc(F)c(C(=O)NC(=O)Nc2ccc(Cl)c(Oc3ncc(C(F)(F)F)cc3Cl)c2)c1F. The van der Waals surface area contributed by atoms with Crippen LogP contribution in [-0.4, -0.2) is 16.9 Å². The van der Waals surface area contributed by atoms with E-state index >= 15 is 0 Å². The molecule has 2 aromatic carbocycles. The van der Waals surface area contributed by atoms with Crippen LogP contribution < -0.4 is 21.1 Å². The van der Waals surface area contributed by atoms with Crippen LogP contribution in [0, 0.1) is 11.6 Å². The second kappa shape index (κ2) is 9.69. The van der Waals surface area contributed by atoms with Crippen LogP contribution >= 0.6 is 23.2 Å². The number of benzene rings is 2. The van der Waals surface area contributed by atoms with Crippen molar-refractivity contribution in [2.75, 3.05) is 11.1 Å². The van der Waals surface area contributed by atoms with E-state index in [4.69, 9.17) is 33.7 Å². The number of aromatic nitrogens is 1. The maximum absolute atomic E-state index is 13.9. The zero-order valence-electron chi connectivity index (χ0n) is 16.4. The molecule has 0 saturated heterocycles. The van der Waals surface area contributed by atoms with E-state index in [1.54, 1.807) is 5.32 Å². The van der Waals surface area contributed by atoms with Gasteiger partial charge in [0, 0.05) is 18.0 Å². The first-order valence-corrected chi connectivity index (χ1v) is 9.68. The molecular weight excluding hydrogens is 510 g/mol. The zero-order valence-corrected chi connectivity index (χ0v) is 17.9. The van der Waals surface area contributed by atoms with Crippen LogP contribution in [0.2, 0.25) is 10.0 Å². The number of nitrogens with two attached hydrogens (primary N) is 1. The first-order valence-electron chi connectivity index (χ1n) is 8.92. The molecule has 0 spiro atoms. The second-order valence-corrected chi connectivity index (χ2v) is 7.30. The van der Waals surface area contributed by atoms with Gasteiger partial charge in [-0.05, 0) is 30.3 Å². The van der Waals surface area contributed by atoms with Crippen LogP contribution in [-0.2, 0) is 6.18 Å². The van der Waals surface area contributed by atoms with Gasteiger partial charge in [0.1, 0.15) is 22.2 Å². The van der Waals surface area contributed by atoms with Crippen LogP contribution in [0.1, 0.15) is 15.9 Å². The van der Waals surface area contributed by atoms with Crippen molar-refractivity contribution in [1.29, 1.82) is 0 Å². The molecule has 0 fully saturated rings. The number of ether oxygens (including phenoxy) is 1. The van der Waals surface area contributed by atoms with Crippen molar-refractivity contribution in [2.24, 2.45) is 0 Å². The molecule has 0 atom stereocenters. The summed E-state index contributed by atoms with van der Waals surface area (Å²) in [6.07, 6.45) is -4.16. The third-order valence-corrected chi connectivity index (χ3v) is 4.69. The van der Waals surface area contributed by atoms with Crippen LogP contribution in [0.25, 0.3) is 0 Å². The summed E-state index contributed by atoms with van der Waals surface area (Å²) >= 11 is 11.8. The molecular formula is C20H11Cl2F5N4O3. The van der Waals surface area contributed by atoms with Gasteiger partial charge in [-0.15, -0.1) is 0 Å². The van der Waals surface area contributed by atoms with Crippen molar-refractivity contribution in [3.8, 4) is 11.6 Å². The average molecular weight is 521 g/mol. The van der Waals surface area contributed by atoms with Gasteiger partial charge >= 0.3 is 12.2 Å². The molecule has 7 nitrogen and oxygen atoms in total. The summed E-state index contributed by atoms with van der Waals surface area (Å²) in [6.45, 7) is 0. The van der Waals surface area contributed by atoms with Crippen LogP contribution in [0.3, 0.4) is 0 Å². The minimum absolute atomic E-state index is 0.0127. The standard InChI is InChI=1S/C20H11Cl2F5N4O3/c21-10-2-1-9(6-14(10)34-18-11(22)5-8(7-29-18)20(25,26)27)30-19(33)31-17(32)15-12(23)3-4-13(28)16(15)24/h1-7H,28H2,(H2,30,31,32,33). The topological polar surface area (TPSA) is 106 Å². The fraction of sp³-hybridized carbons (Fsp3) is 0.0500. The lowest BCUT2D eigenvalue weighted by Gasteiger charge is -2.13. The highest BCUT2D eigenvalue weighted by Gasteiger charge is 2.32. The Morgan fingerprint density at radius 3 is 2.38 bits per heavy atom. The van der Waals surface area contributed by atoms with Gasteiger partial charge in [-0.3, -0.25) is 10.1 Å². The van der Waals surface area contributed by atoms with Crippen LogP contribution in [0.15, 0.2) is 42.6 Å². The number of hydrogen-bond donors (Lipinski definition) is 3. The number of amides is 3. The van der Waals surface area contributed by atoms with Gasteiger partial charge in [-0.25, -0.2) is 18.6 Å². The van der Waals surface area contributed by atoms with Gasteiger partial charge in [0.15, 0.2) is 5.82 Å². The van der Waals surface area contributed by atoms with E-state index in [1.165, 1.54) is 12.1 Å². The summed E-state index contributed by atoms with van der Waals surface area (Å²) in [5, 5.41) is 3.45. The normalized spacial score (nSPS) is 11.1. The lowest BCUT2D eigenvalue weighted by atomic mass is 10.1. The molecule has 0 bridgehead atoms. The quantitative estimate of drug-likeness (QED) is 0.288. The molecule has 0 radical (unpaired) electrons. The highest BCUT2D eigenvalue weighted by molar-refractivity contribution is 6.32. The number of nitrogens with zero attached hydrogens (tertiary/aromatic N) is 1. The van der Waals surface area contributed by atoms with Crippen molar-refractivity contribution >= 4 is 46.5 Å². The smallest absolute Gasteiger partial charge is 0.417 e. The summed E-state index contributed by atoms with van der Waals surface area (Å²) in [6, 6.07) is 4.78. The molecule has 14 heteroatoms. The molecule has 3 aromatic rings.